The summed E-state index contributed by atoms with van der Waals surface area (Å²) in [6.07, 6.45) is 0.396. The third-order valence-electron chi connectivity index (χ3n) is 2.98. The second-order valence-electron chi connectivity index (χ2n) is 4.14. The minimum absolute atomic E-state index is 0.350. The second kappa shape index (κ2) is 4.71. The molecule has 1 fully saturated rings. The molecule has 0 spiro atoms. The molecule has 1 saturated heterocycles. The largest absolute Gasteiger partial charge is 0.432 e. The van der Waals surface area contributed by atoms with Gasteiger partial charge in [0.05, 0.1) is 12.2 Å². The highest BCUT2D eigenvalue weighted by Gasteiger charge is 2.24. The Morgan fingerprint density at radius 2 is 2.06 bits per heavy atom. The van der Waals surface area contributed by atoms with E-state index in [0.29, 0.717) is 12.2 Å². The number of rotatable bonds is 2. The molecular weight excluding hydrogens is 296 g/mol. The van der Waals surface area contributed by atoms with Crippen LogP contribution in [0.5, 0.6) is 0 Å². The molecule has 0 aromatic heterocycles. The first-order valence-corrected chi connectivity index (χ1v) is 6.55. The fourth-order valence-electron chi connectivity index (χ4n) is 1.88. The van der Waals surface area contributed by atoms with E-state index in [1.165, 1.54) is 0 Å². The van der Waals surface area contributed by atoms with Crippen molar-refractivity contribution in [2.24, 2.45) is 0 Å². The lowest BCUT2D eigenvalue weighted by Crippen LogP contribution is -2.32. The van der Waals surface area contributed by atoms with Crippen LogP contribution in [0.4, 0.5) is 0 Å². The van der Waals surface area contributed by atoms with Gasteiger partial charge in [0.25, 0.3) is 0 Å². The number of carbonyl (C=O) groups is 1. The molecule has 0 amide bonds. The van der Waals surface area contributed by atoms with Gasteiger partial charge in [0.15, 0.2) is 0 Å². The summed E-state index contributed by atoms with van der Waals surface area (Å²) in [5.41, 5.74) is 0.532. The van der Waals surface area contributed by atoms with E-state index in [1.54, 1.807) is 6.07 Å². The van der Waals surface area contributed by atoms with E-state index in [2.05, 4.69) is 15.9 Å². The lowest BCUT2D eigenvalue weighted by Gasteiger charge is -2.25. The van der Waals surface area contributed by atoms with Crippen LogP contribution in [-0.2, 0) is 9.47 Å². The molecule has 0 aliphatic carbocycles. The average Bonchev–Trinajstić information content (AvgIpc) is 2.34. The Morgan fingerprint density at radius 3 is 2.78 bits per heavy atom. The third-order valence-corrected chi connectivity index (χ3v) is 3.83. The third kappa shape index (κ3) is 2.02. The van der Waals surface area contributed by atoms with Crippen molar-refractivity contribution >= 4 is 32.7 Å². The van der Waals surface area contributed by atoms with E-state index in [-0.39, 0.29) is 12.3 Å². The van der Waals surface area contributed by atoms with Crippen molar-refractivity contribution in [1.82, 2.24) is 0 Å². The maximum Gasteiger partial charge on any atom is 0.341 e. The van der Waals surface area contributed by atoms with Crippen molar-refractivity contribution in [3.05, 3.63) is 46.4 Å². The van der Waals surface area contributed by atoms with Crippen LogP contribution in [0.3, 0.4) is 0 Å². The second-order valence-corrected chi connectivity index (χ2v) is 4.94. The fourth-order valence-corrected chi connectivity index (χ4v) is 2.54. The molecule has 1 heterocycles. The maximum absolute atomic E-state index is 12.0. The van der Waals surface area contributed by atoms with Crippen molar-refractivity contribution in [1.29, 1.82) is 0 Å². The van der Waals surface area contributed by atoms with Crippen LogP contribution >= 0.6 is 15.9 Å². The van der Waals surface area contributed by atoms with Gasteiger partial charge in [-0.1, -0.05) is 30.3 Å². The van der Waals surface area contributed by atoms with Crippen molar-refractivity contribution in [3.8, 4) is 0 Å². The Morgan fingerprint density at radius 1 is 1.28 bits per heavy atom. The summed E-state index contributed by atoms with van der Waals surface area (Å²) in [6.45, 7) is 0.664. The quantitative estimate of drug-likeness (QED) is 0.797. The summed E-state index contributed by atoms with van der Waals surface area (Å²) in [5.74, 6) is -0.350. The number of hydrogen-bond donors (Lipinski definition) is 0. The summed E-state index contributed by atoms with van der Waals surface area (Å²) in [5, 5.41) is 2.09. The standard InChI is InChI=1S/C14H11BrO3/c15-13-10-4-2-1-3-9(10)5-6-11(13)14(16)18-12-7-8-17-12/h1-6,12H,7-8H2. The molecule has 2 aromatic rings. The van der Waals surface area contributed by atoms with Crippen LogP contribution < -0.4 is 0 Å². The zero-order valence-corrected chi connectivity index (χ0v) is 11.1. The Balaban J connectivity index is 1.96. The highest BCUT2D eigenvalue weighted by Crippen LogP contribution is 2.29. The van der Waals surface area contributed by atoms with E-state index in [4.69, 9.17) is 9.47 Å². The van der Waals surface area contributed by atoms with Gasteiger partial charge in [-0.3, -0.25) is 0 Å². The van der Waals surface area contributed by atoms with Crippen molar-refractivity contribution in [2.45, 2.75) is 12.7 Å². The van der Waals surface area contributed by atoms with E-state index < -0.39 is 0 Å². The molecule has 0 N–H and O–H groups in total. The summed E-state index contributed by atoms with van der Waals surface area (Å²) in [6, 6.07) is 11.6. The van der Waals surface area contributed by atoms with Crippen molar-refractivity contribution in [2.75, 3.05) is 6.61 Å². The number of hydrogen-bond acceptors (Lipinski definition) is 3. The number of halogens is 1. The first-order valence-electron chi connectivity index (χ1n) is 5.75. The molecular formula is C14H11BrO3. The van der Waals surface area contributed by atoms with Gasteiger partial charge in [-0.2, -0.15) is 0 Å². The van der Waals surface area contributed by atoms with E-state index in [1.807, 2.05) is 30.3 Å². The van der Waals surface area contributed by atoms with Crippen LogP contribution in [0.15, 0.2) is 40.9 Å². The van der Waals surface area contributed by atoms with Gasteiger partial charge in [-0.25, -0.2) is 4.79 Å². The first-order chi connectivity index (χ1) is 8.75. The van der Waals surface area contributed by atoms with Crippen LogP contribution in [0.2, 0.25) is 0 Å². The van der Waals surface area contributed by atoms with Crippen LogP contribution in [0.1, 0.15) is 16.8 Å². The van der Waals surface area contributed by atoms with Crippen molar-refractivity contribution < 1.29 is 14.3 Å². The molecule has 1 unspecified atom stereocenters. The topological polar surface area (TPSA) is 35.5 Å². The smallest absolute Gasteiger partial charge is 0.341 e. The number of ether oxygens (including phenoxy) is 2. The normalized spacial score (nSPS) is 18.4. The summed E-state index contributed by atoms with van der Waals surface area (Å²) in [7, 11) is 0. The first kappa shape index (κ1) is 11.7. The molecule has 3 rings (SSSR count). The molecule has 4 heteroatoms. The molecule has 1 aliphatic rings. The molecule has 1 atom stereocenters. The van der Waals surface area contributed by atoms with E-state index >= 15 is 0 Å². The average molecular weight is 307 g/mol. The number of fused-ring (bicyclic) bond motifs is 1. The molecule has 1 aliphatic heterocycles. The van der Waals surface area contributed by atoms with Crippen LogP contribution in [0, 0.1) is 0 Å². The molecule has 92 valence electrons. The van der Waals surface area contributed by atoms with Gasteiger partial charge in [0.1, 0.15) is 0 Å². The van der Waals surface area contributed by atoms with Crippen molar-refractivity contribution in [3.63, 3.8) is 0 Å². The summed E-state index contributed by atoms with van der Waals surface area (Å²) >= 11 is 3.47. The van der Waals surface area contributed by atoms with Crippen LogP contribution in [-0.4, -0.2) is 18.9 Å². The van der Waals surface area contributed by atoms with Gasteiger partial charge in [0.2, 0.25) is 6.29 Å². The van der Waals surface area contributed by atoms with E-state index in [0.717, 1.165) is 21.7 Å². The lowest BCUT2D eigenvalue weighted by atomic mass is 10.1. The summed E-state index contributed by atoms with van der Waals surface area (Å²) in [4.78, 5) is 12.0. The Kier molecular flexibility index (Phi) is 3.06. The van der Waals surface area contributed by atoms with E-state index in [9.17, 15) is 4.79 Å². The highest BCUT2D eigenvalue weighted by molar-refractivity contribution is 9.10. The lowest BCUT2D eigenvalue weighted by molar-refractivity contribution is -0.184. The molecule has 2 aromatic carbocycles. The van der Waals surface area contributed by atoms with Gasteiger partial charge >= 0.3 is 5.97 Å². The highest BCUT2D eigenvalue weighted by atomic mass is 79.9. The number of carbonyl (C=O) groups excluding carboxylic acids is 1. The monoisotopic (exact) mass is 306 g/mol. The Bertz CT molecular complexity index is 605. The zero-order valence-electron chi connectivity index (χ0n) is 9.56. The predicted octanol–water partition coefficient (Wildman–Crippen LogP) is 3.51. The Labute approximate surface area is 113 Å². The minimum Gasteiger partial charge on any atom is -0.432 e. The van der Waals surface area contributed by atoms with Gasteiger partial charge < -0.3 is 9.47 Å². The van der Waals surface area contributed by atoms with Crippen LogP contribution in [0.25, 0.3) is 10.8 Å². The zero-order chi connectivity index (χ0) is 12.5. The summed E-state index contributed by atoms with van der Waals surface area (Å²) < 4.78 is 11.1. The maximum atomic E-state index is 12.0. The van der Waals surface area contributed by atoms with Gasteiger partial charge in [0, 0.05) is 10.9 Å². The number of benzene rings is 2. The SMILES string of the molecule is O=C(OC1CCO1)c1ccc2ccccc2c1Br. The number of esters is 1. The van der Waals surface area contributed by atoms with Gasteiger partial charge in [-0.15, -0.1) is 0 Å². The molecule has 0 bridgehead atoms. The Hall–Kier alpha value is -1.39. The fraction of sp³-hybridized carbons (Fsp3) is 0.214. The molecule has 0 radical (unpaired) electrons. The predicted molar refractivity (Wildman–Crippen MR) is 71.4 cm³/mol. The minimum atomic E-state index is -0.379. The molecule has 0 saturated carbocycles. The molecule has 18 heavy (non-hydrogen) atoms. The van der Waals surface area contributed by atoms with Gasteiger partial charge in [-0.05, 0) is 32.8 Å². The molecule has 3 nitrogen and oxygen atoms in total.